The van der Waals surface area contributed by atoms with Crippen molar-refractivity contribution in [3.63, 3.8) is 0 Å². The van der Waals surface area contributed by atoms with Gasteiger partial charge in [-0.2, -0.15) is 0 Å². The number of pyridine rings is 1. The van der Waals surface area contributed by atoms with Crippen LogP contribution in [0.4, 0.5) is 8.78 Å². The molecule has 0 aliphatic rings. The van der Waals surface area contributed by atoms with E-state index in [1.807, 2.05) is 0 Å². The summed E-state index contributed by atoms with van der Waals surface area (Å²) in [5.74, 6) is -0.726. The average molecular weight is 338 g/mol. The van der Waals surface area contributed by atoms with E-state index in [1.54, 1.807) is 37.4 Å². The minimum absolute atomic E-state index is 0.294. The fourth-order valence-corrected chi connectivity index (χ4v) is 2.81. The van der Waals surface area contributed by atoms with Crippen molar-refractivity contribution < 1.29 is 13.3 Å². The molecule has 0 unspecified atom stereocenters. The van der Waals surface area contributed by atoms with E-state index in [-0.39, 0.29) is 17.2 Å². The zero-order chi connectivity index (χ0) is 17.6. The van der Waals surface area contributed by atoms with E-state index in [1.165, 1.54) is 28.8 Å². The number of hydrogen-bond acceptors (Lipinski definition) is 3. The van der Waals surface area contributed by atoms with Crippen LogP contribution in [0, 0.1) is 11.6 Å². The largest absolute Gasteiger partial charge is 0.355 e. The number of rotatable bonds is 2. The molecule has 2 aromatic heterocycles. The SMILES string of the molecule is Cn1c(-c2ccc(F)cc2)cc2onc(-c3ccc(F)cc3)c2c1=O. The van der Waals surface area contributed by atoms with Crippen molar-refractivity contribution in [3.8, 4) is 22.5 Å². The van der Waals surface area contributed by atoms with Gasteiger partial charge in [0.1, 0.15) is 22.7 Å². The summed E-state index contributed by atoms with van der Waals surface area (Å²) in [7, 11) is 1.63. The van der Waals surface area contributed by atoms with Gasteiger partial charge in [-0.3, -0.25) is 4.79 Å². The molecule has 4 nitrogen and oxygen atoms in total. The lowest BCUT2D eigenvalue weighted by molar-refractivity contribution is 0.459. The number of hydrogen-bond donors (Lipinski definition) is 0. The van der Waals surface area contributed by atoms with Gasteiger partial charge in [0.2, 0.25) is 0 Å². The van der Waals surface area contributed by atoms with E-state index in [0.717, 1.165) is 0 Å². The molecule has 6 heteroatoms. The van der Waals surface area contributed by atoms with Gasteiger partial charge in [0, 0.05) is 18.7 Å². The summed E-state index contributed by atoms with van der Waals surface area (Å²) in [6, 6.07) is 13.2. The molecule has 0 N–H and O–H groups in total. The lowest BCUT2D eigenvalue weighted by Crippen LogP contribution is -2.18. The predicted octanol–water partition coefficient (Wildman–Crippen LogP) is 4.14. The fraction of sp³-hybridized carbons (Fsp3) is 0.0526. The van der Waals surface area contributed by atoms with Gasteiger partial charge in [-0.15, -0.1) is 0 Å². The Morgan fingerprint density at radius 2 is 1.48 bits per heavy atom. The predicted molar refractivity (Wildman–Crippen MR) is 90.0 cm³/mol. The van der Waals surface area contributed by atoms with E-state index >= 15 is 0 Å². The number of fused-ring (bicyclic) bond motifs is 1. The van der Waals surface area contributed by atoms with Crippen molar-refractivity contribution in [2.24, 2.45) is 7.05 Å². The van der Waals surface area contributed by atoms with Crippen molar-refractivity contribution in [2.45, 2.75) is 0 Å². The van der Waals surface area contributed by atoms with Crippen LogP contribution < -0.4 is 5.56 Å². The molecule has 25 heavy (non-hydrogen) atoms. The zero-order valence-corrected chi connectivity index (χ0v) is 13.2. The van der Waals surface area contributed by atoms with Gasteiger partial charge in [0.25, 0.3) is 5.56 Å². The minimum Gasteiger partial charge on any atom is -0.355 e. The summed E-state index contributed by atoms with van der Waals surface area (Å²) in [5.41, 5.74) is 2.24. The first-order valence-electron chi connectivity index (χ1n) is 7.56. The first kappa shape index (κ1) is 15.3. The molecule has 124 valence electrons. The van der Waals surface area contributed by atoms with E-state index in [0.29, 0.717) is 33.5 Å². The Bertz CT molecular complexity index is 1130. The van der Waals surface area contributed by atoms with Crippen LogP contribution in [0.2, 0.25) is 0 Å². The van der Waals surface area contributed by atoms with Gasteiger partial charge in [-0.1, -0.05) is 5.16 Å². The van der Waals surface area contributed by atoms with Gasteiger partial charge in [0.15, 0.2) is 5.58 Å². The van der Waals surface area contributed by atoms with Crippen LogP contribution in [0.5, 0.6) is 0 Å². The summed E-state index contributed by atoms with van der Waals surface area (Å²) in [4.78, 5) is 12.8. The smallest absolute Gasteiger partial charge is 0.264 e. The summed E-state index contributed by atoms with van der Waals surface area (Å²) < 4.78 is 33.0. The van der Waals surface area contributed by atoms with E-state index in [4.69, 9.17) is 4.52 Å². The highest BCUT2D eigenvalue weighted by molar-refractivity contribution is 5.92. The maximum atomic E-state index is 13.1. The van der Waals surface area contributed by atoms with Gasteiger partial charge in [-0.05, 0) is 54.1 Å². The lowest BCUT2D eigenvalue weighted by Gasteiger charge is -2.08. The number of benzene rings is 2. The van der Waals surface area contributed by atoms with Crippen molar-refractivity contribution in [3.05, 3.63) is 76.6 Å². The highest BCUT2D eigenvalue weighted by Gasteiger charge is 2.18. The third kappa shape index (κ3) is 2.52. The molecule has 0 atom stereocenters. The molecule has 4 aromatic rings. The van der Waals surface area contributed by atoms with Crippen LogP contribution in [-0.2, 0) is 7.05 Å². The lowest BCUT2D eigenvalue weighted by atomic mass is 10.1. The van der Waals surface area contributed by atoms with Crippen LogP contribution in [0.1, 0.15) is 0 Å². The van der Waals surface area contributed by atoms with Crippen LogP contribution in [0.3, 0.4) is 0 Å². The maximum Gasteiger partial charge on any atom is 0.264 e. The standard InChI is InChI=1S/C19H12F2N2O2/c1-23-15(11-2-6-13(20)7-3-11)10-16-17(19(23)24)18(22-25-16)12-4-8-14(21)9-5-12/h2-10H,1H3. The number of nitrogens with zero attached hydrogens (tertiary/aromatic N) is 2. The van der Waals surface area contributed by atoms with Crippen molar-refractivity contribution in [2.75, 3.05) is 0 Å². The van der Waals surface area contributed by atoms with Crippen molar-refractivity contribution in [1.29, 1.82) is 0 Å². The Hall–Kier alpha value is -3.28. The molecular formula is C19H12F2N2O2. The normalized spacial score (nSPS) is 11.2. The molecule has 0 amide bonds. The Balaban J connectivity index is 1.94. The van der Waals surface area contributed by atoms with E-state index in [9.17, 15) is 13.6 Å². The van der Waals surface area contributed by atoms with Gasteiger partial charge < -0.3 is 9.09 Å². The Labute approximate surface area is 140 Å². The van der Waals surface area contributed by atoms with Crippen LogP contribution in [0.25, 0.3) is 33.5 Å². The molecular weight excluding hydrogens is 326 g/mol. The first-order chi connectivity index (χ1) is 12.0. The summed E-state index contributed by atoms with van der Waals surface area (Å²) in [6.45, 7) is 0. The summed E-state index contributed by atoms with van der Waals surface area (Å²) in [6.07, 6.45) is 0. The van der Waals surface area contributed by atoms with Crippen molar-refractivity contribution in [1.82, 2.24) is 9.72 Å². The van der Waals surface area contributed by atoms with Gasteiger partial charge >= 0.3 is 0 Å². The number of aromatic nitrogens is 2. The molecule has 4 rings (SSSR count). The van der Waals surface area contributed by atoms with Crippen LogP contribution >= 0.6 is 0 Å². The summed E-state index contributed by atoms with van der Waals surface area (Å²) >= 11 is 0. The monoisotopic (exact) mass is 338 g/mol. The second-order valence-electron chi connectivity index (χ2n) is 5.68. The topological polar surface area (TPSA) is 48.0 Å². The zero-order valence-electron chi connectivity index (χ0n) is 13.2. The second-order valence-corrected chi connectivity index (χ2v) is 5.68. The molecule has 0 fully saturated rings. The average Bonchev–Trinajstić information content (AvgIpc) is 3.04. The molecule has 0 bridgehead atoms. The Kier molecular flexibility index (Phi) is 3.46. The second kappa shape index (κ2) is 5.66. The molecule has 2 aromatic carbocycles. The molecule has 0 aliphatic heterocycles. The maximum absolute atomic E-state index is 13.1. The first-order valence-corrected chi connectivity index (χ1v) is 7.56. The Morgan fingerprint density at radius 1 is 0.920 bits per heavy atom. The molecule has 0 saturated heterocycles. The van der Waals surface area contributed by atoms with E-state index in [2.05, 4.69) is 5.16 Å². The number of halogens is 2. The quantitative estimate of drug-likeness (QED) is 0.552. The highest BCUT2D eigenvalue weighted by atomic mass is 19.1. The van der Waals surface area contributed by atoms with Crippen molar-refractivity contribution >= 4 is 11.0 Å². The summed E-state index contributed by atoms with van der Waals surface area (Å²) in [5, 5.41) is 4.29. The van der Waals surface area contributed by atoms with Crippen LogP contribution in [-0.4, -0.2) is 9.72 Å². The Morgan fingerprint density at radius 3 is 2.08 bits per heavy atom. The molecule has 0 radical (unpaired) electrons. The van der Waals surface area contributed by atoms with Gasteiger partial charge in [0.05, 0.1) is 5.69 Å². The minimum atomic E-state index is -0.372. The fourth-order valence-electron chi connectivity index (χ4n) is 2.81. The van der Waals surface area contributed by atoms with E-state index < -0.39 is 0 Å². The molecule has 0 aliphatic carbocycles. The van der Waals surface area contributed by atoms with Crippen LogP contribution in [0.15, 0.2) is 63.9 Å². The highest BCUT2D eigenvalue weighted by Crippen LogP contribution is 2.28. The van der Waals surface area contributed by atoms with Gasteiger partial charge in [-0.25, -0.2) is 8.78 Å². The molecule has 0 saturated carbocycles. The molecule has 0 spiro atoms. The molecule has 2 heterocycles. The third-order valence-corrected chi connectivity index (χ3v) is 4.12. The third-order valence-electron chi connectivity index (χ3n) is 4.12.